The average Bonchev–Trinajstić information content (AvgIpc) is 2.85. The van der Waals surface area contributed by atoms with Crippen molar-refractivity contribution in [2.24, 2.45) is 0 Å². The molecule has 1 aliphatic heterocycles. The summed E-state index contributed by atoms with van der Waals surface area (Å²) in [6.45, 7) is 0.345. The van der Waals surface area contributed by atoms with Gasteiger partial charge in [0.1, 0.15) is 18.1 Å². The molecule has 2 aromatic rings. The summed E-state index contributed by atoms with van der Waals surface area (Å²) in [5, 5.41) is 6.30. The highest BCUT2D eigenvalue weighted by Crippen LogP contribution is 2.24. The van der Waals surface area contributed by atoms with E-state index in [1.807, 2.05) is 48.5 Å². The van der Waals surface area contributed by atoms with E-state index in [0.29, 0.717) is 28.2 Å². The van der Waals surface area contributed by atoms with Gasteiger partial charge in [-0.15, -0.1) is 0 Å². The van der Waals surface area contributed by atoms with Crippen molar-refractivity contribution in [1.82, 2.24) is 10.6 Å². The van der Waals surface area contributed by atoms with E-state index in [2.05, 4.69) is 10.6 Å². The highest BCUT2D eigenvalue weighted by molar-refractivity contribution is 7.80. The first kappa shape index (κ1) is 15.5. The molecule has 1 amide bonds. The maximum Gasteiger partial charge on any atom is 0.273 e. The van der Waals surface area contributed by atoms with Gasteiger partial charge >= 0.3 is 0 Å². The largest absolute Gasteiger partial charge is 0.488 e. The van der Waals surface area contributed by atoms with E-state index in [1.54, 1.807) is 6.08 Å². The topological polar surface area (TPSA) is 50.4 Å². The van der Waals surface area contributed by atoms with Crippen molar-refractivity contribution in [3.8, 4) is 5.75 Å². The van der Waals surface area contributed by atoms with Gasteiger partial charge in [-0.3, -0.25) is 10.1 Å². The van der Waals surface area contributed by atoms with Crippen LogP contribution in [0.25, 0.3) is 6.08 Å². The van der Waals surface area contributed by atoms with Crippen molar-refractivity contribution in [2.45, 2.75) is 6.61 Å². The maximum absolute atomic E-state index is 11.7. The van der Waals surface area contributed by atoms with Gasteiger partial charge in [-0.25, -0.2) is 0 Å². The van der Waals surface area contributed by atoms with Crippen molar-refractivity contribution < 1.29 is 9.53 Å². The summed E-state index contributed by atoms with van der Waals surface area (Å²) in [6.07, 6.45) is 1.70. The van der Waals surface area contributed by atoms with Crippen molar-refractivity contribution in [1.29, 1.82) is 0 Å². The van der Waals surface area contributed by atoms with E-state index < -0.39 is 0 Å². The Kier molecular flexibility index (Phi) is 4.60. The summed E-state index contributed by atoms with van der Waals surface area (Å²) >= 11 is 11.1. The summed E-state index contributed by atoms with van der Waals surface area (Å²) in [4.78, 5) is 11.7. The first-order valence-electron chi connectivity index (χ1n) is 6.93. The first-order chi connectivity index (χ1) is 11.1. The highest BCUT2D eigenvalue weighted by atomic mass is 35.5. The number of thiocarbonyl (C=S) groups is 1. The Bertz CT molecular complexity index is 805. The van der Waals surface area contributed by atoms with Crippen LogP contribution in [-0.4, -0.2) is 11.0 Å². The molecule has 3 rings (SSSR count). The highest BCUT2D eigenvalue weighted by Gasteiger charge is 2.20. The molecule has 1 fully saturated rings. The predicted molar refractivity (Wildman–Crippen MR) is 94.1 cm³/mol. The molecule has 2 aromatic carbocycles. The average molecular weight is 345 g/mol. The molecule has 23 heavy (non-hydrogen) atoms. The number of hydrogen-bond acceptors (Lipinski definition) is 3. The maximum atomic E-state index is 11.7. The zero-order valence-electron chi connectivity index (χ0n) is 12.0. The van der Waals surface area contributed by atoms with E-state index in [4.69, 9.17) is 28.6 Å². The minimum atomic E-state index is -0.254. The Morgan fingerprint density at radius 3 is 2.57 bits per heavy atom. The lowest BCUT2D eigenvalue weighted by atomic mass is 10.1. The Balaban J connectivity index is 1.81. The van der Waals surface area contributed by atoms with E-state index in [1.165, 1.54) is 0 Å². The number of rotatable bonds is 4. The summed E-state index contributed by atoms with van der Waals surface area (Å²) in [5.74, 6) is 0.406. The van der Waals surface area contributed by atoms with Gasteiger partial charge in [0.2, 0.25) is 0 Å². The van der Waals surface area contributed by atoms with Crippen LogP contribution >= 0.6 is 23.8 Å². The molecule has 1 saturated heterocycles. The third-order valence-electron chi connectivity index (χ3n) is 3.28. The fraction of sp³-hybridized carbons (Fsp3) is 0.0588. The monoisotopic (exact) mass is 344 g/mol. The normalized spacial score (nSPS) is 15.4. The van der Waals surface area contributed by atoms with Gasteiger partial charge in [0.15, 0.2) is 5.11 Å². The lowest BCUT2D eigenvalue weighted by Gasteiger charge is -2.10. The zero-order chi connectivity index (χ0) is 16.2. The molecule has 6 heteroatoms. The van der Waals surface area contributed by atoms with E-state index >= 15 is 0 Å². The SMILES string of the molecule is O=C1NC(=S)N/C1=C/c1ccccc1OCc1ccccc1Cl. The van der Waals surface area contributed by atoms with Gasteiger partial charge in [0, 0.05) is 16.1 Å². The smallest absolute Gasteiger partial charge is 0.273 e. The van der Waals surface area contributed by atoms with Crippen LogP contribution in [0.3, 0.4) is 0 Å². The number of carbonyl (C=O) groups is 1. The molecule has 0 bridgehead atoms. The third kappa shape index (κ3) is 3.70. The van der Waals surface area contributed by atoms with Crippen molar-refractivity contribution in [2.75, 3.05) is 0 Å². The Hall–Kier alpha value is -2.37. The Morgan fingerprint density at radius 2 is 1.83 bits per heavy atom. The number of hydrogen-bond donors (Lipinski definition) is 2. The molecule has 2 N–H and O–H groups in total. The summed E-state index contributed by atoms with van der Waals surface area (Å²) in [7, 11) is 0. The van der Waals surface area contributed by atoms with Crippen LogP contribution in [0.1, 0.15) is 11.1 Å². The van der Waals surface area contributed by atoms with Gasteiger partial charge in [-0.1, -0.05) is 48.0 Å². The standard InChI is InChI=1S/C17H13ClN2O2S/c18-13-7-3-1-6-12(13)10-22-15-8-4-2-5-11(15)9-14-16(21)20-17(23)19-14/h1-9H,10H2,(H2,19,20,21,23)/b14-9+. The molecule has 0 radical (unpaired) electrons. The number of nitrogens with one attached hydrogen (secondary N) is 2. The van der Waals surface area contributed by atoms with E-state index in [9.17, 15) is 4.79 Å². The van der Waals surface area contributed by atoms with Crippen LogP contribution in [-0.2, 0) is 11.4 Å². The molecule has 116 valence electrons. The Morgan fingerprint density at radius 1 is 1.09 bits per heavy atom. The molecule has 0 aliphatic carbocycles. The zero-order valence-corrected chi connectivity index (χ0v) is 13.6. The minimum Gasteiger partial charge on any atom is -0.488 e. The molecule has 1 heterocycles. The lowest BCUT2D eigenvalue weighted by Crippen LogP contribution is -2.21. The first-order valence-corrected chi connectivity index (χ1v) is 7.71. The number of halogens is 1. The molecule has 0 unspecified atom stereocenters. The van der Waals surface area contributed by atoms with Crippen LogP contribution in [0.5, 0.6) is 5.75 Å². The minimum absolute atomic E-state index is 0.254. The van der Waals surface area contributed by atoms with Crippen LogP contribution in [0, 0.1) is 0 Å². The second-order valence-corrected chi connectivity index (χ2v) is 5.70. The molecule has 0 spiro atoms. The van der Waals surface area contributed by atoms with Gasteiger partial charge < -0.3 is 10.1 Å². The van der Waals surface area contributed by atoms with Gasteiger partial charge in [-0.2, -0.15) is 0 Å². The van der Waals surface area contributed by atoms with Crippen LogP contribution < -0.4 is 15.4 Å². The second kappa shape index (κ2) is 6.81. The summed E-state index contributed by atoms with van der Waals surface area (Å²) in [5.41, 5.74) is 2.07. The fourth-order valence-corrected chi connectivity index (χ4v) is 2.53. The van der Waals surface area contributed by atoms with Gasteiger partial charge in [0.25, 0.3) is 5.91 Å². The predicted octanol–water partition coefficient (Wildman–Crippen LogP) is 3.26. The molecule has 0 saturated carbocycles. The van der Waals surface area contributed by atoms with Crippen LogP contribution in [0.2, 0.25) is 5.02 Å². The fourth-order valence-electron chi connectivity index (χ4n) is 2.14. The molecule has 1 aliphatic rings. The third-order valence-corrected chi connectivity index (χ3v) is 3.85. The quantitative estimate of drug-likeness (QED) is 0.660. The summed E-state index contributed by atoms with van der Waals surface area (Å²) in [6, 6.07) is 15.0. The van der Waals surface area contributed by atoms with Gasteiger partial charge in [-0.05, 0) is 30.4 Å². The van der Waals surface area contributed by atoms with Crippen molar-refractivity contribution in [3.05, 3.63) is 70.4 Å². The van der Waals surface area contributed by atoms with Crippen LogP contribution in [0.4, 0.5) is 0 Å². The van der Waals surface area contributed by atoms with Gasteiger partial charge in [0.05, 0.1) is 0 Å². The molecule has 4 nitrogen and oxygen atoms in total. The van der Waals surface area contributed by atoms with Crippen LogP contribution in [0.15, 0.2) is 54.2 Å². The number of para-hydroxylation sites is 1. The molecular weight excluding hydrogens is 332 g/mol. The number of carbonyl (C=O) groups excluding carboxylic acids is 1. The van der Waals surface area contributed by atoms with E-state index in [-0.39, 0.29) is 5.91 Å². The summed E-state index contributed by atoms with van der Waals surface area (Å²) < 4.78 is 5.86. The van der Waals surface area contributed by atoms with Crippen molar-refractivity contribution >= 4 is 40.9 Å². The van der Waals surface area contributed by atoms with E-state index in [0.717, 1.165) is 11.1 Å². The number of benzene rings is 2. The molecule has 0 aromatic heterocycles. The number of ether oxygens (including phenoxy) is 1. The second-order valence-electron chi connectivity index (χ2n) is 4.88. The van der Waals surface area contributed by atoms with Crippen molar-refractivity contribution in [3.63, 3.8) is 0 Å². The lowest BCUT2D eigenvalue weighted by molar-refractivity contribution is -0.115. The Labute approximate surface area is 144 Å². The molecular formula is C17H13ClN2O2S. The molecule has 0 atom stereocenters. The number of amides is 1.